The zero-order valence-electron chi connectivity index (χ0n) is 15.2. The quantitative estimate of drug-likeness (QED) is 0.904. The topological polar surface area (TPSA) is 59.3 Å². The van der Waals surface area contributed by atoms with Crippen LogP contribution < -0.4 is 5.32 Å². The first kappa shape index (κ1) is 15.8. The van der Waals surface area contributed by atoms with E-state index in [2.05, 4.69) is 33.8 Å². The Morgan fingerprint density at radius 2 is 1.76 bits per heavy atom. The first-order valence-corrected chi connectivity index (χ1v) is 10.4. The molecule has 4 saturated carbocycles. The van der Waals surface area contributed by atoms with Gasteiger partial charge in [-0.2, -0.15) is 0 Å². The van der Waals surface area contributed by atoms with E-state index in [-0.39, 0.29) is 11.4 Å². The first-order valence-electron chi connectivity index (χ1n) is 9.61. The van der Waals surface area contributed by atoms with Crippen LogP contribution in [0.1, 0.15) is 79.5 Å². The van der Waals surface area contributed by atoms with Gasteiger partial charge in [-0.15, -0.1) is 10.2 Å². The molecule has 0 atom stereocenters. The van der Waals surface area contributed by atoms with Crippen molar-refractivity contribution in [2.45, 2.75) is 70.8 Å². The van der Waals surface area contributed by atoms with Crippen molar-refractivity contribution in [3.8, 4) is 0 Å². The summed E-state index contributed by atoms with van der Waals surface area (Å²) in [5.74, 6) is 3.85. The molecule has 6 rings (SSSR count). The molecule has 5 nitrogen and oxygen atoms in total. The van der Waals surface area contributed by atoms with Gasteiger partial charge >= 0.3 is 0 Å². The Morgan fingerprint density at radius 1 is 1.16 bits per heavy atom. The van der Waals surface area contributed by atoms with E-state index < -0.39 is 0 Å². The summed E-state index contributed by atoms with van der Waals surface area (Å²) < 4.78 is 2.06. The van der Waals surface area contributed by atoms with Crippen molar-refractivity contribution in [2.75, 3.05) is 0 Å². The minimum Gasteiger partial charge on any atom is -0.346 e. The molecule has 4 fully saturated rings. The summed E-state index contributed by atoms with van der Waals surface area (Å²) in [5.41, 5.74) is 1.04. The van der Waals surface area contributed by atoms with Crippen LogP contribution in [0.3, 0.4) is 0 Å². The second-order valence-electron chi connectivity index (χ2n) is 9.00. The molecule has 2 heterocycles. The van der Waals surface area contributed by atoms with Gasteiger partial charge in [-0.25, -0.2) is 0 Å². The zero-order valence-corrected chi connectivity index (χ0v) is 16.0. The number of hydrogen-bond acceptors (Lipinski definition) is 4. The molecule has 4 bridgehead atoms. The lowest BCUT2D eigenvalue weighted by atomic mass is 9.53. The maximum atomic E-state index is 13.1. The van der Waals surface area contributed by atoms with Gasteiger partial charge in [-0.05, 0) is 63.2 Å². The van der Waals surface area contributed by atoms with Crippen molar-refractivity contribution in [2.24, 2.45) is 17.8 Å². The Bertz CT molecular complexity index is 814. The van der Waals surface area contributed by atoms with E-state index in [4.69, 9.17) is 0 Å². The molecular weight excluding hydrogens is 332 g/mol. The lowest BCUT2D eigenvalue weighted by Crippen LogP contribution is -2.59. The molecule has 4 aliphatic carbocycles. The van der Waals surface area contributed by atoms with Gasteiger partial charge in [0.1, 0.15) is 10.7 Å². The lowest BCUT2D eigenvalue weighted by molar-refractivity contribution is -0.0166. The van der Waals surface area contributed by atoms with E-state index in [0.717, 1.165) is 39.1 Å². The second kappa shape index (κ2) is 5.29. The maximum Gasteiger partial charge on any atom is 0.263 e. The number of nitrogens with zero attached hydrogens (tertiary/aromatic N) is 3. The van der Waals surface area contributed by atoms with Crippen molar-refractivity contribution >= 4 is 22.2 Å². The third-order valence-electron chi connectivity index (χ3n) is 6.66. The number of carbonyl (C=O) groups is 1. The molecule has 4 aliphatic rings. The van der Waals surface area contributed by atoms with Crippen molar-refractivity contribution in [3.05, 3.63) is 16.4 Å². The van der Waals surface area contributed by atoms with Gasteiger partial charge in [0, 0.05) is 17.2 Å². The molecule has 0 saturated heterocycles. The summed E-state index contributed by atoms with van der Waals surface area (Å²) >= 11 is 1.48. The molecule has 0 aromatic carbocycles. The number of amides is 1. The predicted octanol–water partition coefficient (Wildman–Crippen LogP) is 3.92. The monoisotopic (exact) mass is 358 g/mol. The van der Waals surface area contributed by atoms with E-state index in [1.54, 1.807) is 0 Å². The SMILES string of the molecule is Cc1c(C(=O)NC23CC4CC(CC(C4)C2)C3)sc2nnc(C(C)C)n12. The van der Waals surface area contributed by atoms with Crippen LogP contribution >= 0.6 is 11.3 Å². The fourth-order valence-corrected chi connectivity index (χ4v) is 7.04. The minimum absolute atomic E-state index is 0.0590. The Labute approximate surface area is 152 Å². The molecule has 25 heavy (non-hydrogen) atoms. The largest absolute Gasteiger partial charge is 0.346 e. The summed E-state index contributed by atoms with van der Waals surface area (Å²) in [6.07, 6.45) is 7.74. The van der Waals surface area contributed by atoms with Crippen molar-refractivity contribution < 1.29 is 4.79 Å². The van der Waals surface area contributed by atoms with Crippen LogP contribution in [0.15, 0.2) is 0 Å². The van der Waals surface area contributed by atoms with Crippen LogP contribution in [-0.2, 0) is 0 Å². The van der Waals surface area contributed by atoms with Gasteiger partial charge in [0.15, 0.2) is 0 Å². The number of rotatable bonds is 3. The summed E-state index contributed by atoms with van der Waals surface area (Å²) in [4.78, 5) is 14.8. The van der Waals surface area contributed by atoms with Crippen LogP contribution in [0.2, 0.25) is 0 Å². The van der Waals surface area contributed by atoms with Crippen molar-refractivity contribution in [1.29, 1.82) is 0 Å². The lowest BCUT2D eigenvalue weighted by Gasteiger charge is -2.56. The number of aryl methyl sites for hydroxylation is 1. The third-order valence-corrected chi connectivity index (χ3v) is 7.79. The average molecular weight is 359 g/mol. The molecule has 134 valence electrons. The van der Waals surface area contributed by atoms with Crippen LogP contribution in [-0.4, -0.2) is 26.0 Å². The number of fused-ring (bicyclic) bond motifs is 1. The number of carbonyl (C=O) groups excluding carboxylic acids is 1. The highest BCUT2D eigenvalue weighted by Crippen LogP contribution is 2.55. The number of nitrogens with one attached hydrogen (secondary N) is 1. The molecule has 1 N–H and O–H groups in total. The van der Waals surface area contributed by atoms with Gasteiger partial charge in [-0.3, -0.25) is 9.20 Å². The highest BCUT2D eigenvalue weighted by molar-refractivity contribution is 7.19. The first-order chi connectivity index (χ1) is 11.9. The van der Waals surface area contributed by atoms with Crippen LogP contribution in [0.4, 0.5) is 0 Å². The Kier molecular flexibility index (Phi) is 3.34. The highest BCUT2D eigenvalue weighted by atomic mass is 32.1. The summed E-state index contributed by atoms with van der Waals surface area (Å²) in [6, 6.07) is 0. The zero-order chi connectivity index (χ0) is 17.3. The standard InChI is InChI=1S/C19H26N4OS/c1-10(2)16-21-22-18-23(16)11(3)15(25-18)17(24)20-19-7-12-4-13(8-19)6-14(5-12)9-19/h10,12-14H,4-9H2,1-3H3,(H,20,24). The van der Waals surface area contributed by atoms with E-state index in [1.807, 2.05) is 6.92 Å². The smallest absolute Gasteiger partial charge is 0.263 e. The van der Waals surface area contributed by atoms with Crippen LogP contribution in [0.5, 0.6) is 0 Å². The highest BCUT2D eigenvalue weighted by Gasteiger charge is 2.51. The molecule has 0 radical (unpaired) electrons. The van der Waals surface area contributed by atoms with Gasteiger partial charge in [-0.1, -0.05) is 25.2 Å². The van der Waals surface area contributed by atoms with E-state index in [1.165, 1.54) is 49.9 Å². The molecule has 0 spiro atoms. The molecule has 0 unspecified atom stereocenters. The van der Waals surface area contributed by atoms with Gasteiger partial charge in [0.25, 0.3) is 5.91 Å². The number of thiazole rings is 1. The molecule has 6 heteroatoms. The number of aromatic nitrogens is 3. The van der Waals surface area contributed by atoms with Gasteiger partial charge in [0.05, 0.1) is 0 Å². The Morgan fingerprint density at radius 3 is 2.32 bits per heavy atom. The predicted molar refractivity (Wildman–Crippen MR) is 98.1 cm³/mol. The minimum atomic E-state index is 0.0590. The summed E-state index contributed by atoms with van der Waals surface area (Å²) in [6.45, 7) is 6.25. The van der Waals surface area contributed by atoms with Gasteiger partial charge in [0.2, 0.25) is 4.96 Å². The van der Waals surface area contributed by atoms with E-state index in [0.29, 0.717) is 5.92 Å². The Balaban J connectivity index is 1.45. The molecule has 0 aliphatic heterocycles. The molecular formula is C19H26N4OS. The van der Waals surface area contributed by atoms with Gasteiger partial charge < -0.3 is 5.32 Å². The molecule has 1 amide bonds. The van der Waals surface area contributed by atoms with E-state index >= 15 is 0 Å². The molecule has 2 aromatic rings. The summed E-state index contributed by atoms with van der Waals surface area (Å²) in [7, 11) is 0. The summed E-state index contributed by atoms with van der Waals surface area (Å²) in [5, 5.41) is 12.1. The van der Waals surface area contributed by atoms with E-state index in [9.17, 15) is 4.79 Å². The molecule has 2 aromatic heterocycles. The third kappa shape index (κ3) is 2.36. The second-order valence-corrected chi connectivity index (χ2v) is 9.98. The average Bonchev–Trinajstić information content (AvgIpc) is 3.06. The maximum absolute atomic E-state index is 13.1. The fraction of sp³-hybridized carbons (Fsp3) is 0.737. The number of hydrogen-bond donors (Lipinski definition) is 1. The Hall–Kier alpha value is -1.43. The van der Waals surface area contributed by atoms with Crippen LogP contribution in [0.25, 0.3) is 4.96 Å². The van der Waals surface area contributed by atoms with Crippen molar-refractivity contribution in [1.82, 2.24) is 19.9 Å². The fourth-order valence-electron chi connectivity index (χ4n) is 6.08. The van der Waals surface area contributed by atoms with Crippen molar-refractivity contribution in [3.63, 3.8) is 0 Å². The van der Waals surface area contributed by atoms with Crippen LogP contribution in [0, 0.1) is 24.7 Å². The normalized spacial score (nSPS) is 33.5.